The van der Waals surface area contributed by atoms with Crippen molar-refractivity contribution >= 4 is 5.97 Å². The van der Waals surface area contributed by atoms with E-state index in [1.54, 1.807) is 0 Å². The average molecular weight is 367 g/mol. The molecule has 3 fully saturated rings. The zero-order chi connectivity index (χ0) is 19.0. The Morgan fingerprint density at radius 2 is 2.07 bits per heavy atom. The van der Waals surface area contributed by atoms with Gasteiger partial charge >= 0.3 is 5.97 Å². The highest BCUT2D eigenvalue weighted by molar-refractivity contribution is 5.78. The maximum Gasteiger partial charge on any atom is 0.310 e. The molecule has 5 rings (SSSR count). The van der Waals surface area contributed by atoms with Gasteiger partial charge in [0.25, 0.3) is 0 Å². The monoisotopic (exact) mass is 366 g/mol. The second kappa shape index (κ2) is 5.62. The first kappa shape index (κ1) is 17.3. The second-order valence-electron chi connectivity index (χ2n) is 10.0. The minimum atomic E-state index is -0.262. The number of benzene rings is 1. The summed E-state index contributed by atoms with van der Waals surface area (Å²) in [7, 11) is 0. The van der Waals surface area contributed by atoms with Crippen LogP contribution in [0.15, 0.2) is 30.9 Å². The summed E-state index contributed by atoms with van der Waals surface area (Å²) in [4.78, 5) is 12.9. The van der Waals surface area contributed by atoms with Gasteiger partial charge in [-0.3, -0.25) is 4.79 Å². The van der Waals surface area contributed by atoms with E-state index in [-0.39, 0.29) is 29.0 Å². The largest absolute Gasteiger partial charge is 0.488 e. The van der Waals surface area contributed by atoms with E-state index in [0.717, 1.165) is 31.4 Å². The first-order valence-electron chi connectivity index (χ1n) is 10.5. The van der Waals surface area contributed by atoms with Crippen LogP contribution < -0.4 is 4.74 Å². The van der Waals surface area contributed by atoms with Crippen LogP contribution in [0.5, 0.6) is 5.75 Å². The Balaban J connectivity index is 1.57. The maximum atomic E-state index is 12.9. The summed E-state index contributed by atoms with van der Waals surface area (Å²) in [6, 6.07) is 6.53. The average Bonchev–Trinajstić information content (AvgIpc) is 3.11. The third-order valence-corrected chi connectivity index (χ3v) is 7.52. The number of fused-ring (bicyclic) bond motifs is 6. The van der Waals surface area contributed by atoms with Crippen molar-refractivity contribution in [1.82, 2.24) is 0 Å². The van der Waals surface area contributed by atoms with Gasteiger partial charge in [-0.1, -0.05) is 12.1 Å². The summed E-state index contributed by atoms with van der Waals surface area (Å²) in [5.74, 6) is 2.57. The summed E-state index contributed by atoms with van der Waals surface area (Å²) in [5.41, 5.74) is 2.25. The summed E-state index contributed by atoms with van der Waals surface area (Å²) < 4.78 is 12.3. The first-order chi connectivity index (χ1) is 12.8. The Kier molecular flexibility index (Phi) is 3.61. The molecule has 27 heavy (non-hydrogen) atoms. The van der Waals surface area contributed by atoms with Gasteiger partial charge in [-0.25, -0.2) is 0 Å². The van der Waals surface area contributed by atoms with Crippen molar-refractivity contribution in [2.45, 2.75) is 70.0 Å². The SMILES string of the molecule is C=C[C@@H]1CC[C@H]2[C@@H]3CCc4ccc(OC(C)(C)C)cc4[C@H]3[C@H]3C[C@@]12OC3=O. The van der Waals surface area contributed by atoms with Gasteiger partial charge in [0.05, 0.1) is 5.92 Å². The number of esters is 1. The number of carbonyl (C=O) groups is 1. The highest BCUT2D eigenvalue weighted by Crippen LogP contribution is 2.65. The molecule has 1 aliphatic heterocycles. The summed E-state index contributed by atoms with van der Waals surface area (Å²) in [6.07, 6.45) is 7.45. The fraction of sp³-hybridized carbons (Fsp3) is 0.625. The number of aryl methyl sites for hydroxylation is 1. The lowest BCUT2D eigenvalue weighted by Gasteiger charge is -2.47. The molecule has 1 aromatic rings. The normalized spacial score (nSPS) is 39.2. The van der Waals surface area contributed by atoms with Gasteiger partial charge in [0, 0.05) is 24.2 Å². The van der Waals surface area contributed by atoms with Crippen LogP contribution in [0, 0.1) is 23.7 Å². The van der Waals surface area contributed by atoms with Gasteiger partial charge < -0.3 is 9.47 Å². The van der Waals surface area contributed by atoms with Crippen molar-refractivity contribution in [3.63, 3.8) is 0 Å². The Hall–Kier alpha value is -1.77. The van der Waals surface area contributed by atoms with E-state index < -0.39 is 0 Å². The minimum Gasteiger partial charge on any atom is -0.488 e. The molecule has 0 unspecified atom stereocenters. The van der Waals surface area contributed by atoms with Gasteiger partial charge in [0.1, 0.15) is 17.0 Å². The first-order valence-corrected chi connectivity index (χ1v) is 10.5. The van der Waals surface area contributed by atoms with Crippen molar-refractivity contribution in [2.75, 3.05) is 0 Å². The Morgan fingerprint density at radius 3 is 2.81 bits per heavy atom. The third-order valence-electron chi connectivity index (χ3n) is 7.52. The standard InChI is InChI=1S/C24H30O3/c1-5-15-8-11-20-17-10-7-14-6-9-16(26-23(2,3)4)12-18(14)21(17)19-13-24(15,20)27-22(19)25/h5-6,9,12,15,17,19-21H,1,7-8,10-11,13H2,2-4H3/t15-,17+,19-,20+,21+,24-/m1/s1. The van der Waals surface area contributed by atoms with Crippen LogP contribution in [0.4, 0.5) is 0 Å². The minimum absolute atomic E-state index is 0.00395. The van der Waals surface area contributed by atoms with Crippen LogP contribution in [0.3, 0.4) is 0 Å². The van der Waals surface area contributed by atoms with E-state index in [2.05, 4.69) is 45.5 Å². The Morgan fingerprint density at radius 1 is 1.26 bits per heavy atom. The maximum absolute atomic E-state index is 12.9. The van der Waals surface area contributed by atoms with Crippen molar-refractivity contribution in [3.8, 4) is 5.75 Å². The highest BCUT2D eigenvalue weighted by Gasteiger charge is 2.67. The summed E-state index contributed by atoms with van der Waals surface area (Å²) >= 11 is 0. The van der Waals surface area contributed by atoms with Gasteiger partial charge in [0.15, 0.2) is 0 Å². The molecule has 0 N–H and O–H groups in total. The van der Waals surface area contributed by atoms with E-state index in [0.29, 0.717) is 17.8 Å². The molecule has 1 saturated heterocycles. The zero-order valence-electron chi connectivity index (χ0n) is 16.7. The second-order valence-corrected chi connectivity index (χ2v) is 10.0. The lowest BCUT2D eigenvalue weighted by Crippen LogP contribution is -2.48. The summed E-state index contributed by atoms with van der Waals surface area (Å²) in [6.45, 7) is 10.3. The highest BCUT2D eigenvalue weighted by atomic mass is 16.6. The lowest BCUT2D eigenvalue weighted by molar-refractivity contribution is -0.154. The molecule has 4 aliphatic rings. The van der Waals surface area contributed by atoms with Crippen LogP contribution in [0.2, 0.25) is 0 Å². The predicted molar refractivity (Wildman–Crippen MR) is 105 cm³/mol. The predicted octanol–water partition coefficient (Wildman–Crippen LogP) is 5.04. The smallest absolute Gasteiger partial charge is 0.310 e. The van der Waals surface area contributed by atoms with Crippen molar-refractivity contribution in [1.29, 1.82) is 0 Å². The van der Waals surface area contributed by atoms with Crippen LogP contribution in [-0.2, 0) is 16.0 Å². The third kappa shape index (κ3) is 2.43. The van der Waals surface area contributed by atoms with Crippen molar-refractivity contribution in [3.05, 3.63) is 42.0 Å². The van der Waals surface area contributed by atoms with Gasteiger partial charge in [0.2, 0.25) is 0 Å². The van der Waals surface area contributed by atoms with Gasteiger partial charge in [-0.15, -0.1) is 6.58 Å². The van der Waals surface area contributed by atoms with Gasteiger partial charge in [-0.05, 0) is 75.6 Å². The number of carbonyl (C=O) groups excluding carboxylic acids is 1. The van der Waals surface area contributed by atoms with Gasteiger partial charge in [-0.2, -0.15) is 0 Å². The molecule has 3 aliphatic carbocycles. The molecule has 2 bridgehead atoms. The van der Waals surface area contributed by atoms with E-state index in [1.807, 2.05) is 6.08 Å². The number of ether oxygens (including phenoxy) is 2. The Bertz CT molecular complexity index is 804. The fourth-order valence-electron chi connectivity index (χ4n) is 6.70. The fourth-order valence-corrected chi connectivity index (χ4v) is 6.70. The molecule has 1 aromatic carbocycles. The van der Waals surface area contributed by atoms with Crippen LogP contribution >= 0.6 is 0 Å². The summed E-state index contributed by atoms with van der Waals surface area (Å²) in [5, 5.41) is 0. The molecule has 1 heterocycles. The van der Waals surface area contributed by atoms with Crippen molar-refractivity contribution < 1.29 is 14.3 Å². The molecular weight excluding hydrogens is 336 g/mol. The molecule has 0 amide bonds. The van der Waals surface area contributed by atoms with E-state index in [9.17, 15) is 4.79 Å². The number of hydrogen-bond donors (Lipinski definition) is 0. The molecule has 3 nitrogen and oxygen atoms in total. The molecule has 1 spiro atoms. The molecule has 2 saturated carbocycles. The quantitative estimate of drug-likeness (QED) is 0.543. The molecule has 6 atom stereocenters. The van der Waals surface area contributed by atoms with Crippen LogP contribution in [0.25, 0.3) is 0 Å². The molecule has 3 heteroatoms. The van der Waals surface area contributed by atoms with Crippen LogP contribution in [-0.4, -0.2) is 17.2 Å². The topological polar surface area (TPSA) is 35.5 Å². The zero-order valence-corrected chi connectivity index (χ0v) is 16.7. The molecule has 0 aromatic heterocycles. The molecule has 0 radical (unpaired) electrons. The Labute approximate surface area is 162 Å². The number of rotatable bonds is 2. The lowest BCUT2D eigenvalue weighted by atomic mass is 9.56. The molecule has 144 valence electrons. The number of hydrogen-bond acceptors (Lipinski definition) is 3. The van der Waals surface area contributed by atoms with Crippen LogP contribution in [0.1, 0.15) is 63.5 Å². The molecular formula is C24H30O3. The van der Waals surface area contributed by atoms with Crippen molar-refractivity contribution in [2.24, 2.45) is 23.7 Å². The van der Waals surface area contributed by atoms with E-state index in [1.165, 1.54) is 17.5 Å². The van der Waals surface area contributed by atoms with E-state index in [4.69, 9.17) is 9.47 Å². The van der Waals surface area contributed by atoms with E-state index >= 15 is 0 Å².